The van der Waals surface area contributed by atoms with Gasteiger partial charge in [-0.05, 0) is 26.7 Å². The van der Waals surface area contributed by atoms with Gasteiger partial charge >= 0.3 is 0 Å². The SMILES string of the molecule is [C-]#[N+]CCN1[C@H](C)CCC[C@@H]1C. The molecule has 1 aliphatic rings. The van der Waals surface area contributed by atoms with Gasteiger partial charge in [0.1, 0.15) is 0 Å². The number of hydrogen-bond donors (Lipinski definition) is 0. The maximum atomic E-state index is 6.75. The summed E-state index contributed by atoms with van der Waals surface area (Å²) in [6, 6.07) is 1.38. The molecule has 0 aromatic carbocycles. The van der Waals surface area contributed by atoms with E-state index in [4.69, 9.17) is 6.57 Å². The van der Waals surface area contributed by atoms with E-state index in [2.05, 4.69) is 23.6 Å². The average molecular weight is 166 g/mol. The highest BCUT2D eigenvalue weighted by Gasteiger charge is 2.24. The normalized spacial score (nSPS) is 31.4. The lowest BCUT2D eigenvalue weighted by molar-refractivity contribution is 0.110. The highest BCUT2D eigenvalue weighted by atomic mass is 15.2. The molecule has 0 radical (unpaired) electrons. The van der Waals surface area contributed by atoms with Gasteiger partial charge in [0.05, 0.1) is 6.54 Å². The van der Waals surface area contributed by atoms with Crippen LogP contribution in [0.5, 0.6) is 0 Å². The van der Waals surface area contributed by atoms with E-state index in [1.807, 2.05) is 0 Å². The molecule has 1 aliphatic heterocycles. The van der Waals surface area contributed by atoms with Crippen LogP contribution in [0.4, 0.5) is 0 Å². The van der Waals surface area contributed by atoms with Crippen molar-refractivity contribution < 1.29 is 0 Å². The lowest BCUT2D eigenvalue weighted by Gasteiger charge is -2.37. The lowest BCUT2D eigenvalue weighted by Crippen LogP contribution is -2.44. The van der Waals surface area contributed by atoms with Crippen molar-refractivity contribution >= 4 is 0 Å². The van der Waals surface area contributed by atoms with Gasteiger partial charge < -0.3 is 4.85 Å². The molecule has 0 unspecified atom stereocenters. The summed E-state index contributed by atoms with van der Waals surface area (Å²) in [6.45, 7) is 12.9. The molecule has 0 saturated carbocycles. The van der Waals surface area contributed by atoms with E-state index in [9.17, 15) is 0 Å². The van der Waals surface area contributed by atoms with E-state index >= 15 is 0 Å². The zero-order valence-corrected chi connectivity index (χ0v) is 8.08. The van der Waals surface area contributed by atoms with E-state index in [1.165, 1.54) is 19.3 Å². The van der Waals surface area contributed by atoms with Crippen LogP contribution in [0.3, 0.4) is 0 Å². The molecule has 2 atom stereocenters. The third-order valence-corrected chi connectivity index (χ3v) is 2.85. The van der Waals surface area contributed by atoms with Gasteiger partial charge in [-0.1, -0.05) is 6.42 Å². The molecule has 68 valence electrons. The Morgan fingerprint density at radius 2 is 1.92 bits per heavy atom. The molecule has 2 heteroatoms. The molecule has 0 spiro atoms. The van der Waals surface area contributed by atoms with Crippen molar-refractivity contribution in [3.63, 3.8) is 0 Å². The fraction of sp³-hybridized carbons (Fsp3) is 0.900. The van der Waals surface area contributed by atoms with E-state index < -0.39 is 0 Å². The molecular weight excluding hydrogens is 148 g/mol. The van der Waals surface area contributed by atoms with Crippen LogP contribution >= 0.6 is 0 Å². The third-order valence-electron chi connectivity index (χ3n) is 2.85. The van der Waals surface area contributed by atoms with E-state index in [0.717, 1.165) is 6.54 Å². The molecule has 1 fully saturated rings. The molecule has 0 amide bonds. The van der Waals surface area contributed by atoms with Gasteiger partial charge in [-0.3, -0.25) is 4.90 Å². The van der Waals surface area contributed by atoms with E-state index in [-0.39, 0.29) is 0 Å². The van der Waals surface area contributed by atoms with Crippen LogP contribution in [0.25, 0.3) is 4.85 Å². The monoisotopic (exact) mass is 166 g/mol. The lowest BCUT2D eigenvalue weighted by atomic mass is 9.98. The molecule has 2 nitrogen and oxygen atoms in total. The predicted octanol–water partition coefficient (Wildman–Crippen LogP) is 2.17. The van der Waals surface area contributed by atoms with Gasteiger partial charge in [-0.2, -0.15) is 0 Å². The van der Waals surface area contributed by atoms with Gasteiger partial charge in [0.15, 0.2) is 0 Å². The van der Waals surface area contributed by atoms with Gasteiger partial charge in [0.25, 0.3) is 0 Å². The summed E-state index contributed by atoms with van der Waals surface area (Å²) in [4.78, 5) is 5.88. The Morgan fingerprint density at radius 1 is 1.33 bits per heavy atom. The minimum atomic E-state index is 0.661. The third kappa shape index (κ3) is 2.22. The topological polar surface area (TPSA) is 7.60 Å². The molecule has 12 heavy (non-hydrogen) atoms. The minimum absolute atomic E-state index is 0.661. The molecular formula is C10H18N2. The maximum Gasteiger partial charge on any atom is 0.227 e. The van der Waals surface area contributed by atoms with Crippen LogP contribution in [0.1, 0.15) is 33.1 Å². The van der Waals surface area contributed by atoms with Gasteiger partial charge in [-0.25, -0.2) is 6.57 Å². The Hall–Kier alpha value is -0.550. The smallest absolute Gasteiger partial charge is 0.227 e. The fourth-order valence-electron chi connectivity index (χ4n) is 2.08. The highest BCUT2D eigenvalue weighted by Crippen LogP contribution is 2.21. The number of hydrogen-bond acceptors (Lipinski definition) is 1. The predicted molar refractivity (Wildman–Crippen MR) is 51.0 cm³/mol. The summed E-state index contributed by atoms with van der Waals surface area (Å²) in [6.07, 6.45) is 3.97. The van der Waals surface area contributed by atoms with E-state index in [0.29, 0.717) is 18.6 Å². The Labute approximate surface area is 75.4 Å². The van der Waals surface area contributed by atoms with Crippen molar-refractivity contribution in [2.24, 2.45) is 0 Å². The van der Waals surface area contributed by atoms with Crippen LogP contribution in [0.15, 0.2) is 0 Å². The molecule has 0 aromatic heterocycles. The van der Waals surface area contributed by atoms with Crippen molar-refractivity contribution in [3.8, 4) is 0 Å². The standard InChI is InChI=1S/C10H18N2/c1-9-5-4-6-10(2)12(9)8-7-11-3/h9-10H,4-8H2,1-2H3/t9-,10+. The summed E-state index contributed by atoms with van der Waals surface area (Å²) in [5.41, 5.74) is 0. The highest BCUT2D eigenvalue weighted by molar-refractivity contribution is 4.81. The number of likely N-dealkylation sites (tertiary alicyclic amines) is 1. The molecule has 0 aliphatic carbocycles. The van der Waals surface area contributed by atoms with Crippen LogP contribution in [-0.4, -0.2) is 30.1 Å². The summed E-state index contributed by atoms with van der Waals surface area (Å²) in [5, 5.41) is 0. The van der Waals surface area contributed by atoms with Crippen LogP contribution in [-0.2, 0) is 0 Å². The van der Waals surface area contributed by atoms with Crippen molar-refractivity contribution in [2.75, 3.05) is 13.1 Å². The summed E-state index contributed by atoms with van der Waals surface area (Å²) >= 11 is 0. The second-order valence-corrected chi connectivity index (χ2v) is 3.75. The first-order chi connectivity index (χ1) is 5.75. The molecule has 0 bridgehead atoms. The Balaban J connectivity index is 2.41. The first kappa shape index (κ1) is 9.54. The molecule has 0 N–H and O–H groups in total. The Morgan fingerprint density at radius 3 is 2.42 bits per heavy atom. The van der Waals surface area contributed by atoms with Crippen LogP contribution in [0.2, 0.25) is 0 Å². The molecule has 1 rings (SSSR count). The second-order valence-electron chi connectivity index (χ2n) is 3.75. The van der Waals surface area contributed by atoms with Crippen molar-refractivity contribution in [1.29, 1.82) is 0 Å². The Kier molecular flexibility index (Phi) is 3.55. The van der Waals surface area contributed by atoms with Crippen molar-refractivity contribution in [3.05, 3.63) is 11.4 Å². The van der Waals surface area contributed by atoms with Crippen LogP contribution in [0, 0.1) is 6.57 Å². The fourth-order valence-corrected chi connectivity index (χ4v) is 2.08. The maximum absolute atomic E-state index is 6.75. The number of rotatable bonds is 2. The van der Waals surface area contributed by atoms with Gasteiger partial charge in [0.2, 0.25) is 6.54 Å². The van der Waals surface area contributed by atoms with Gasteiger partial charge in [-0.15, -0.1) is 0 Å². The Bertz CT molecular complexity index is 161. The number of nitrogens with zero attached hydrogens (tertiary/aromatic N) is 2. The molecule has 1 saturated heterocycles. The molecule has 1 heterocycles. The average Bonchev–Trinajstić information content (AvgIpc) is 2.04. The largest absolute Gasteiger partial charge is 0.316 e. The minimum Gasteiger partial charge on any atom is -0.316 e. The zero-order valence-electron chi connectivity index (χ0n) is 8.08. The van der Waals surface area contributed by atoms with Crippen molar-refractivity contribution in [2.45, 2.75) is 45.2 Å². The van der Waals surface area contributed by atoms with Crippen LogP contribution < -0.4 is 0 Å². The van der Waals surface area contributed by atoms with Gasteiger partial charge in [0, 0.05) is 12.1 Å². The summed E-state index contributed by atoms with van der Waals surface area (Å²) in [7, 11) is 0. The first-order valence-corrected chi connectivity index (χ1v) is 4.84. The quantitative estimate of drug-likeness (QED) is 0.570. The van der Waals surface area contributed by atoms with Crippen molar-refractivity contribution in [1.82, 2.24) is 4.90 Å². The summed E-state index contributed by atoms with van der Waals surface area (Å²) in [5.74, 6) is 0. The zero-order chi connectivity index (χ0) is 8.97. The molecule has 0 aromatic rings. The second kappa shape index (κ2) is 4.47. The summed E-state index contributed by atoms with van der Waals surface area (Å²) < 4.78 is 0. The number of piperidine rings is 1. The van der Waals surface area contributed by atoms with E-state index in [1.54, 1.807) is 0 Å². The first-order valence-electron chi connectivity index (χ1n) is 4.84.